The van der Waals surface area contributed by atoms with Crippen molar-refractivity contribution in [1.82, 2.24) is 4.90 Å². The first kappa shape index (κ1) is 17.3. The second-order valence-electron chi connectivity index (χ2n) is 7.24. The lowest BCUT2D eigenvalue weighted by molar-refractivity contribution is -0.0302. The number of hydrogen-bond acceptors (Lipinski definition) is 4. The van der Waals surface area contributed by atoms with Gasteiger partial charge in [0.15, 0.2) is 0 Å². The van der Waals surface area contributed by atoms with E-state index in [9.17, 15) is 9.59 Å². The van der Waals surface area contributed by atoms with E-state index < -0.39 is 29.1 Å². The molecule has 0 bridgehead atoms. The quantitative estimate of drug-likeness (QED) is 0.687. The molecule has 0 N–H and O–H groups in total. The molecule has 0 saturated heterocycles. The lowest BCUT2D eigenvalue weighted by Gasteiger charge is -2.39. The average Bonchev–Trinajstić information content (AvgIpc) is 2.17. The lowest BCUT2D eigenvalue weighted by atomic mass is 9.84. The zero-order valence-electron chi connectivity index (χ0n) is 13.6. The fourth-order valence-electron chi connectivity index (χ4n) is 1.91. The van der Waals surface area contributed by atoms with Crippen LogP contribution in [0.25, 0.3) is 4.85 Å². The molecule has 0 spiro atoms. The molecule has 0 heterocycles. The molecule has 0 aromatic heterocycles. The van der Waals surface area contributed by atoms with Gasteiger partial charge in [0.2, 0.25) is 0 Å². The van der Waals surface area contributed by atoms with Gasteiger partial charge in [0.1, 0.15) is 11.2 Å². The van der Waals surface area contributed by atoms with E-state index in [0.29, 0.717) is 12.8 Å². The number of amides is 2. The van der Waals surface area contributed by atoms with Gasteiger partial charge in [0.25, 0.3) is 0 Å². The smallest absolute Gasteiger partial charge is 0.426 e. The van der Waals surface area contributed by atoms with Crippen molar-refractivity contribution in [2.45, 2.75) is 77.7 Å². The molecule has 6 nitrogen and oxygen atoms in total. The molecule has 0 unspecified atom stereocenters. The van der Waals surface area contributed by atoms with Gasteiger partial charge >= 0.3 is 17.8 Å². The van der Waals surface area contributed by atoms with Crippen molar-refractivity contribution < 1.29 is 19.1 Å². The third-order valence-corrected chi connectivity index (χ3v) is 2.93. The Labute approximate surface area is 126 Å². The van der Waals surface area contributed by atoms with Crippen LogP contribution in [0.1, 0.15) is 60.8 Å². The average molecular weight is 296 g/mol. The molecule has 1 aliphatic rings. The lowest BCUT2D eigenvalue weighted by Crippen LogP contribution is -2.58. The molecule has 6 heteroatoms. The van der Waals surface area contributed by atoms with Gasteiger partial charge in [-0.05, 0) is 48.0 Å². The summed E-state index contributed by atoms with van der Waals surface area (Å²) >= 11 is 0. The first-order valence-electron chi connectivity index (χ1n) is 7.05. The van der Waals surface area contributed by atoms with Crippen molar-refractivity contribution in [3.8, 4) is 0 Å². The van der Waals surface area contributed by atoms with Gasteiger partial charge in [0, 0.05) is 12.8 Å². The van der Waals surface area contributed by atoms with Crippen molar-refractivity contribution in [1.29, 1.82) is 0 Å². The zero-order valence-corrected chi connectivity index (χ0v) is 13.6. The van der Waals surface area contributed by atoms with Gasteiger partial charge in [0.05, 0.1) is 0 Å². The summed E-state index contributed by atoms with van der Waals surface area (Å²) in [4.78, 5) is 29.0. The monoisotopic (exact) mass is 296 g/mol. The molecule has 1 saturated carbocycles. The van der Waals surface area contributed by atoms with Crippen LogP contribution in [0.2, 0.25) is 0 Å². The van der Waals surface area contributed by atoms with Crippen LogP contribution >= 0.6 is 0 Å². The molecule has 0 aromatic rings. The van der Waals surface area contributed by atoms with Crippen LogP contribution in [0.5, 0.6) is 0 Å². The molecule has 21 heavy (non-hydrogen) atoms. The van der Waals surface area contributed by atoms with E-state index in [1.807, 2.05) is 0 Å². The summed E-state index contributed by atoms with van der Waals surface area (Å²) in [5.74, 6) is 0. The Balaban J connectivity index is 3.04. The van der Waals surface area contributed by atoms with Gasteiger partial charge < -0.3 is 9.47 Å². The van der Waals surface area contributed by atoms with Gasteiger partial charge in [-0.3, -0.25) is 4.85 Å². The molecule has 0 aromatic carbocycles. The van der Waals surface area contributed by atoms with Crippen LogP contribution < -0.4 is 0 Å². The Bertz CT molecular complexity index is 434. The number of nitrogens with zero attached hydrogens (tertiary/aromatic N) is 2. The second kappa shape index (κ2) is 5.55. The third-order valence-electron chi connectivity index (χ3n) is 2.93. The van der Waals surface area contributed by atoms with Crippen LogP contribution in [0.3, 0.4) is 0 Å². The van der Waals surface area contributed by atoms with Crippen LogP contribution in [-0.4, -0.2) is 34.0 Å². The first-order valence-corrected chi connectivity index (χ1v) is 7.05. The van der Waals surface area contributed by atoms with E-state index >= 15 is 0 Å². The van der Waals surface area contributed by atoms with Crippen molar-refractivity contribution in [3.05, 3.63) is 11.4 Å². The van der Waals surface area contributed by atoms with E-state index in [-0.39, 0.29) is 0 Å². The van der Waals surface area contributed by atoms with Gasteiger partial charge in [-0.2, -0.15) is 0 Å². The molecule has 1 rings (SSSR count). The van der Waals surface area contributed by atoms with Crippen molar-refractivity contribution in [2.24, 2.45) is 0 Å². The fraction of sp³-hybridized carbons (Fsp3) is 0.800. The second-order valence-corrected chi connectivity index (χ2v) is 7.24. The summed E-state index contributed by atoms with van der Waals surface area (Å²) in [5, 5.41) is 0. The van der Waals surface area contributed by atoms with E-state index in [2.05, 4.69) is 4.85 Å². The minimum absolute atomic E-state index is 0.453. The fourth-order valence-corrected chi connectivity index (χ4v) is 1.91. The molecular weight excluding hydrogens is 272 g/mol. The molecule has 1 aliphatic carbocycles. The normalized spacial score (nSPS) is 17.2. The Morgan fingerprint density at radius 2 is 1.38 bits per heavy atom. The van der Waals surface area contributed by atoms with E-state index in [1.165, 1.54) is 0 Å². The molecule has 0 atom stereocenters. The summed E-state index contributed by atoms with van der Waals surface area (Å²) in [7, 11) is 0. The maximum atomic E-state index is 12.3. The van der Waals surface area contributed by atoms with Gasteiger partial charge in [-0.25, -0.2) is 16.2 Å². The number of rotatable bonds is 1. The van der Waals surface area contributed by atoms with Gasteiger partial charge in [-0.15, -0.1) is 4.90 Å². The standard InChI is InChI=1S/C15H24N2O4/c1-13(2,3)20-11(18)17(12(19)21-14(4,5)6)15(16-7)9-8-10-15/h8-10H2,1-6H3. The minimum Gasteiger partial charge on any atom is -0.443 e. The SMILES string of the molecule is [C-]#[N+]C1(N(C(=O)OC(C)(C)C)C(=O)OC(C)(C)C)CCC1. The van der Waals surface area contributed by atoms with Crippen molar-refractivity contribution in [3.63, 3.8) is 0 Å². The number of carbonyl (C=O) groups excluding carboxylic acids is 2. The van der Waals surface area contributed by atoms with Gasteiger partial charge in [-0.1, -0.05) is 0 Å². The Morgan fingerprint density at radius 3 is 1.57 bits per heavy atom. The predicted molar refractivity (Wildman–Crippen MR) is 77.5 cm³/mol. The minimum atomic E-state index is -1.16. The van der Waals surface area contributed by atoms with Crippen LogP contribution in [0.4, 0.5) is 9.59 Å². The summed E-state index contributed by atoms with van der Waals surface area (Å²) < 4.78 is 10.5. The zero-order chi connectivity index (χ0) is 16.5. The summed E-state index contributed by atoms with van der Waals surface area (Å²) in [6.45, 7) is 17.6. The third kappa shape index (κ3) is 4.35. The maximum absolute atomic E-state index is 12.3. The largest absolute Gasteiger partial charge is 0.443 e. The molecule has 118 valence electrons. The highest BCUT2D eigenvalue weighted by Gasteiger charge is 2.57. The van der Waals surface area contributed by atoms with E-state index in [4.69, 9.17) is 16.0 Å². The molecule has 2 amide bonds. The summed E-state index contributed by atoms with van der Waals surface area (Å²) in [6.07, 6.45) is 0.0500. The van der Waals surface area contributed by atoms with Crippen LogP contribution in [-0.2, 0) is 9.47 Å². The Morgan fingerprint density at radius 1 is 1.00 bits per heavy atom. The first-order chi connectivity index (χ1) is 9.40. The van der Waals surface area contributed by atoms with Crippen LogP contribution in [0.15, 0.2) is 0 Å². The Kier molecular flexibility index (Phi) is 4.57. The number of ether oxygens (including phenoxy) is 2. The molecule has 0 radical (unpaired) electrons. The number of hydrogen-bond donors (Lipinski definition) is 0. The topological polar surface area (TPSA) is 60.2 Å². The highest BCUT2D eigenvalue weighted by molar-refractivity contribution is 5.89. The Hall–Kier alpha value is -1.77. The van der Waals surface area contributed by atoms with Crippen molar-refractivity contribution >= 4 is 12.2 Å². The summed E-state index contributed by atoms with van der Waals surface area (Å²) in [6, 6.07) is 0. The highest BCUT2D eigenvalue weighted by Crippen LogP contribution is 2.40. The van der Waals surface area contributed by atoms with E-state index in [0.717, 1.165) is 11.3 Å². The van der Waals surface area contributed by atoms with Crippen molar-refractivity contribution in [2.75, 3.05) is 0 Å². The van der Waals surface area contributed by atoms with Crippen LogP contribution in [0, 0.1) is 6.57 Å². The van der Waals surface area contributed by atoms with E-state index in [1.54, 1.807) is 41.5 Å². The highest BCUT2D eigenvalue weighted by atomic mass is 16.6. The predicted octanol–water partition coefficient (Wildman–Crippen LogP) is 3.96. The molecule has 0 aliphatic heterocycles. The summed E-state index contributed by atoms with van der Waals surface area (Å²) in [5.41, 5.74) is -2.65. The number of carbonyl (C=O) groups is 2. The molecular formula is C15H24N2O4. The molecule has 1 fully saturated rings. The maximum Gasteiger partial charge on any atom is 0.426 e. The number of imide groups is 1.